The van der Waals surface area contributed by atoms with E-state index in [0.29, 0.717) is 28.2 Å². The molecule has 3 aromatic rings. The summed E-state index contributed by atoms with van der Waals surface area (Å²) in [6.45, 7) is 1.92. The topological polar surface area (TPSA) is 115 Å². The molecule has 2 aliphatic rings. The number of methoxy groups -OCH3 is 4. The second kappa shape index (κ2) is 12.2. The number of halogens is 1. The molecule has 45 heavy (non-hydrogen) atoms. The van der Waals surface area contributed by atoms with Crippen molar-refractivity contribution in [3.63, 3.8) is 0 Å². The van der Waals surface area contributed by atoms with Gasteiger partial charge in [0.05, 0.1) is 39.2 Å². The predicted octanol–water partition coefficient (Wildman–Crippen LogP) is 3.83. The number of sulfonamides is 1. The maximum atomic E-state index is 15.4. The third-order valence-corrected chi connectivity index (χ3v) is 10.7. The van der Waals surface area contributed by atoms with E-state index >= 15 is 4.79 Å². The lowest BCUT2D eigenvalue weighted by Gasteiger charge is -2.42. The van der Waals surface area contributed by atoms with Crippen LogP contribution >= 0.6 is 11.6 Å². The summed E-state index contributed by atoms with van der Waals surface area (Å²) >= 11 is 6.63. The van der Waals surface area contributed by atoms with Crippen molar-refractivity contribution < 1.29 is 37.0 Å². The van der Waals surface area contributed by atoms with E-state index in [9.17, 15) is 13.2 Å². The van der Waals surface area contributed by atoms with E-state index in [1.807, 2.05) is 0 Å². The molecule has 0 radical (unpaired) electrons. The number of hydrogen-bond acceptors (Lipinski definition) is 9. The van der Waals surface area contributed by atoms with Crippen molar-refractivity contribution in [2.24, 2.45) is 0 Å². The number of ether oxygens (including phenoxy) is 4. The van der Waals surface area contributed by atoms with Gasteiger partial charge in [-0.25, -0.2) is 12.7 Å². The molecule has 11 nitrogen and oxygen atoms in total. The van der Waals surface area contributed by atoms with Crippen LogP contribution in [0.5, 0.6) is 17.2 Å². The van der Waals surface area contributed by atoms with Gasteiger partial charge >= 0.3 is 0 Å². The van der Waals surface area contributed by atoms with Gasteiger partial charge in [-0.15, -0.1) is 0 Å². The molecule has 2 heterocycles. The van der Waals surface area contributed by atoms with Crippen LogP contribution in [0.25, 0.3) is 0 Å². The van der Waals surface area contributed by atoms with E-state index in [0.717, 1.165) is 4.31 Å². The Morgan fingerprint density at radius 2 is 1.64 bits per heavy atom. The molecule has 2 amide bonds. The Hall–Kier alpha value is -3.84. The van der Waals surface area contributed by atoms with Crippen LogP contribution in [0, 0.1) is 6.92 Å². The van der Waals surface area contributed by atoms with Gasteiger partial charge in [0.25, 0.3) is 15.9 Å². The third-order valence-electron chi connectivity index (χ3n) is 8.52. The van der Waals surface area contributed by atoms with Crippen molar-refractivity contribution in [3.05, 3.63) is 76.3 Å². The average molecular weight is 658 g/mol. The lowest BCUT2D eigenvalue weighted by Crippen LogP contribution is -2.59. The smallest absolute Gasteiger partial charge is 0.274 e. The Balaban J connectivity index is 1.89. The van der Waals surface area contributed by atoms with Crippen molar-refractivity contribution in [1.29, 1.82) is 0 Å². The van der Waals surface area contributed by atoms with Crippen LogP contribution in [0.4, 0.5) is 5.69 Å². The monoisotopic (exact) mass is 657 g/mol. The standard InChI is InChI=1S/C32H36ClN3O8S/c1-19-14-23-25(17-24(19)33)36(45(39,40)29-13-12-20(41-4)16-28(29)44-7)31(38)32(23,22-10-8-9-11-27(22)43-6)35-18-21(42-5)15-26(35)30(37)34(2)3/h8-14,16-17,21,26H,15,18H2,1-7H3/t21-,26+,32+/m1/s1. The number of likely N-dealkylation sites (tertiary alicyclic amines) is 1. The molecule has 0 aromatic heterocycles. The first kappa shape index (κ1) is 32.6. The molecule has 0 N–H and O–H groups in total. The molecule has 1 fully saturated rings. The number of aryl methyl sites for hydroxylation is 1. The number of anilines is 1. The number of para-hydroxylation sites is 1. The highest BCUT2D eigenvalue weighted by atomic mass is 35.5. The molecule has 13 heteroatoms. The highest BCUT2D eigenvalue weighted by Gasteiger charge is 2.64. The summed E-state index contributed by atoms with van der Waals surface area (Å²) in [4.78, 5) is 32.1. The number of amides is 2. The number of rotatable bonds is 9. The molecule has 0 spiro atoms. The van der Waals surface area contributed by atoms with Crippen LogP contribution in [-0.4, -0.2) is 91.3 Å². The first-order chi connectivity index (χ1) is 21.4. The zero-order valence-corrected chi connectivity index (χ0v) is 27.7. The largest absolute Gasteiger partial charge is 0.497 e. The average Bonchev–Trinajstić information content (AvgIpc) is 3.57. The molecule has 3 atom stereocenters. The van der Waals surface area contributed by atoms with E-state index in [2.05, 4.69) is 0 Å². The summed E-state index contributed by atoms with van der Waals surface area (Å²) in [5.41, 5.74) is -0.470. The van der Waals surface area contributed by atoms with Gasteiger partial charge in [0, 0.05) is 50.0 Å². The predicted molar refractivity (Wildman–Crippen MR) is 169 cm³/mol. The number of nitrogens with zero attached hydrogens (tertiary/aromatic N) is 3. The SMILES string of the molecule is COc1ccc(S(=O)(=O)N2C(=O)[C@@](c3ccccc3OC)(N3C[C@H](OC)C[C@H]3C(=O)N(C)C)c3cc(C)c(Cl)cc32)c(OC)c1. The summed E-state index contributed by atoms with van der Waals surface area (Å²) in [6, 6.07) is 13.5. The Kier molecular flexibility index (Phi) is 8.80. The van der Waals surface area contributed by atoms with E-state index < -0.39 is 33.6 Å². The fraction of sp³-hybridized carbons (Fsp3) is 0.375. The lowest BCUT2D eigenvalue weighted by molar-refractivity contribution is -0.138. The maximum Gasteiger partial charge on any atom is 0.274 e. The Bertz CT molecular complexity index is 1760. The lowest BCUT2D eigenvalue weighted by atomic mass is 9.80. The second-order valence-electron chi connectivity index (χ2n) is 11.1. The number of benzene rings is 3. The quantitative estimate of drug-likeness (QED) is 0.339. The molecule has 2 aliphatic heterocycles. The molecule has 0 aliphatic carbocycles. The fourth-order valence-electron chi connectivity index (χ4n) is 6.33. The zero-order valence-electron chi connectivity index (χ0n) is 26.2. The summed E-state index contributed by atoms with van der Waals surface area (Å²) in [6.07, 6.45) is -0.152. The van der Waals surface area contributed by atoms with E-state index in [1.54, 1.807) is 63.4 Å². The molecular formula is C32H36ClN3O8S. The van der Waals surface area contributed by atoms with Gasteiger partial charge in [-0.05, 0) is 49.2 Å². The summed E-state index contributed by atoms with van der Waals surface area (Å²) in [5, 5.41) is 0.261. The van der Waals surface area contributed by atoms with Crippen LogP contribution < -0.4 is 18.5 Å². The highest BCUT2D eigenvalue weighted by Crippen LogP contribution is 2.55. The van der Waals surface area contributed by atoms with Gasteiger partial charge in [-0.2, -0.15) is 0 Å². The van der Waals surface area contributed by atoms with E-state index in [4.69, 9.17) is 30.5 Å². The van der Waals surface area contributed by atoms with Crippen molar-refractivity contribution in [3.8, 4) is 17.2 Å². The number of carbonyl (C=O) groups excluding carboxylic acids is 2. The minimum atomic E-state index is -4.65. The normalized spacial score (nSPS) is 21.5. The number of fused-ring (bicyclic) bond motifs is 1. The Labute approximate surface area is 268 Å². The van der Waals surface area contributed by atoms with Crippen molar-refractivity contribution in [2.75, 3.05) is 53.4 Å². The van der Waals surface area contributed by atoms with Crippen molar-refractivity contribution in [2.45, 2.75) is 35.9 Å². The van der Waals surface area contributed by atoms with E-state index in [-0.39, 0.29) is 40.2 Å². The van der Waals surface area contributed by atoms with Crippen molar-refractivity contribution >= 4 is 39.1 Å². The summed E-state index contributed by atoms with van der Waals surface area (Å²) in [5.74, 6) is -0.397. The second-order valence-corrected chi connectivity index (χ2v) is 13.3. The Morgan fingerprint density at radius 3 is 2.27 bits per heavy atom. The van der Waals surface area contributed by atoms with Crippen LogP contribution in [0.2, 0.25) is 5.02 Å². The van der Waals surface area contributed by atoms with Gasteiger partial charge in [0.1, 0.15) is 22.1 Å². The molecule has 0 bridgehead atoms. The van der Waals surface area contributed by atoms with Crippen molar-refractivity contribution in [1.82, 2.24) is 9.80 Å². The van der Waals surface area contributed by atoms with Crippen LogP contribution in [0.15, 0.2) is 59.5 Å². The molecule has 0 unspecified atom stereocenters. The molecule has 5 rings (SSSR count). The third kappa shape index (κ3) is 5.00. The minimum Gasteiger partial charge on any atom is -0.497 e. The highest BCUT2D eigenvalue weighted by molar-refractivity contribution is 7.93. The number of likely N-dealkylation sites (N-methyl/N-ethyl adjacent to an activating group) is 1. The minimum absolute atomic E-state index is 0.0158. The molecule has 240 valence electrons. The molecular weight excluding hydrogens is 622 g/mol. The van der Waals surface area contributed by atoms with Crippen LogP contribution in [-0.2, 0) is 29.9 Å². The first-order valence-electron chi connectivity index (χ1n) is 14.1. The Morgan fingerprint density at radius 1 is 0.956 bits per heavy atom. The van der Waals surface area contributed by atoms with Gasteiger partial charge in [0.2, 0.25) is 5.91 Å². The van der Waals surface area contributed by atoms with Gasteiger partial charge in [-0.3, -0.25) is 14.5 Å². The summed E-state index contributed by atoms with van der Waals surface area (Å²) in [7, 11) is 4.42. The number of hydrogen-bond donors (Lipinski definition) is 0. The molecule has 1 saturated heterocycles. The molecule has 3 aromatic carbocycles. The fourth-order valence-corrected chi connectivity index (χ4v) is 8.08. The van der Waals surface area contributed by atoms with Gasteiger partial charge < -0.3 is 23.8 Å². The van der Waals surface area contributed by atoms with Gasteiger partial charge in [0.15, 0.2) is 5.54 Å². The summed E-state index contributed by atoms with van der Waals surface area (Å²) < 4.78 is 52.4. The van der Waals surface area contributed by atoms with Gasteiger partial charge in [-0.1, -0.05) is 29.8 Å². The zero-order chi connectivity index (χ0) is 32.8. The van der Waals surface area contributed by atoms with Crippen LogP contribution in [0.3, 0.4) is 0 Å². The maximum absolute atomic E-state index is 15.4. The molecule has 0 saturated carbocycles. The van der Waals surface area contributed by atoms with E-state index in [1.165, 1.54) is 50.5 Å². The number of carbonyl (C=O) groups is 2. The van der Waals surface area contributed by atoms with Crippen LogP contribution in [0.1, 0.15) is 23.1 Å². The first-order valence-corrected chi connectivity index (χ1v) is 16.0.